The van der Waals surface area contributed by atoms with E-state index in [1.807, 2.05) is 0 Å². The molecule has 0 amide bonds. The molecule has 3 N–H and O–H groups in total. The summed E-state index contributed by atoms with van der Waals surface area (Å²) in [6, 6.07) is 0. The quantitative estimate of drug-likeness (QED) is 0.772. The highest BCUT2D eigenvalue weighted by molar-refractivity contribution is 7.92. The zero-order valence-corrected chi connectivity index (χ0v) is 10.9. The predicted octanol–water partition coefficient (Wildman–Crippen LogP) is 1.12. The van der Waals surface area contributed by atoms with Gasteiger partial charge in [0.2, 0.25) is 0 Å². The number of aromatic nitrogens is 2. The first-order valence-electron chi connectivity index (χ1n) is 5.17. The lowest BCUT2D eigenvalue weighted by molar-refractivity contribution is 0.0690. The summed E-state index contributed by atoms with van der Waals surface area (Å²) in [6.45, 7) is 2.91. The smallest absolute Gasteiger partial charge is 0.352 e. The van der Waals surface area contributed by atoms with Crippen molar-refractivity contribution in [1.29, 1.82) is 0 Å². The van der Waals surface area contributed by atoms with E-state index in [0.717, 1.165) is 6.26 Å². The second-order valence-electron chi connectivity index (χ2n) is 3.90. The molecule has 0 radical (unpaired) electrons. The molecule has 0 saturated carbocycles. The Labute approximate surface area is 108 Å². The molecule has 2 aromatic heterocycles. The fraction of sp³-hybridized carbons (Fsp3) is 0.200. The number of carbonyl (C=O) groups is 1. The SMILES string of the molecule is Cc1[nH]c(C(=O)O)c(C)c1S(=O)(=O)Nc1cnoc1. The maximum atomic E-state index is 12.2. The van der Waals surface area contributed by atoms with E-state index in [-0.39, 0.29) is 27.5 Å². The molecule has 0 unspecified atom stereocenters. The molecule has 0 fully saturated rings. The monoisotopic (exact) mass is 285 g/mol. The van der Waals surface area contributed by atoms with Crippen molar-refractivity contribution in [3.8, 4) is 0 Å². The Morgan fingerprint density at radius 1 is 1.47 bits per heavy atom. The van der Waals surface area contributed by atoms with Gasteiger partial charge in [0.25, 0.3) is 10.0 Å². The number of nitrogens with one attached hydrogen (secondary N) is 2. The third-order valence-electron chi connectivity index (χ3n) is 2.54. The first-order valence-corrected chi connectivity index (χ1v) is 6.66. The van der Waals surface area contributed by atoms with Crippen LogP contribution >= 0.6 is 0 Å². The minimum Gasteiger partial charge on any atom is -0.477 e. The van der Waals surface area contributed by atoms with E-state index in [4.69, 9.17) is 5.11 Å². The molecule has 0 bridgehead atoms. The van der Waals surface area contributed by atoms with Crippen molar-refractivity contribution in [1.82, 2.24) is 10.1 Å². The average molecular weight is 285 g/mol. The van der Waals surface area contributed by atoms with Gasteiger partial charge >= 0.3 is 5.97 Å². The van der Waals surface area contributed by atoms with Crippen LogP contribution in [0.2, 0.25) is 0 Å². The fourth-order valence-corrected chi connectivity index (χ4v) is 3.28. The van der Waals surface area contributed by atoms with Gasteiger partial charge in [0.05, 0.1) is 6.20 Å². The second-order valence-corrected chi connectivity index (χ2v) is 5.52. The number of nitrogens with zero attached hydrogens (tertiary/aromatic N) is 1. The maximum absolute atomic E-state index is 12.2. The average Bonchev–Trinajstić information content (AvgIpc) is 2.86. The molecule has 0 aliphatic carbocycles. The maximum Gasteiger partial charge on any atom is 0.352 e. The van der Waals surface area contributed by atoms with Gasteiger partial charge in [-0.1, -0.05) is 5.16 Å². The molecule has 8 nitrogen and oxygen atoms in total. The van der Waals surface area contributed by atoms with Crippen molar-refractivity contribution in [3.05, 3.63) is 29.4 Å². The lowest BCUT2D eigenvalue weighted by Crippen LogP contribution is -2.14. The van der Waals surface area contributed by atoms with Gasteiger partial charge in [-0.15, -0.1) is 0 Å². The first-order chi connectivity index (χ1) is 8.83. The highest BCUT2D eigenvalue weighted by atomic mass is 32.2. The normalized spacial score (nSPS) is 11.5. The zero-order valence-electron chi connectivity index (χ0n) is 10.1. The van der Waals surface area contributed by atoms with Crippen molar-refractivity contribution in [2.24, 2.45) is 0 Å². The van der Waals surface area contributed by atoms with Crippen LogP contribution in [0.5, 0.6) is 0 Å². The summed E-state index contributed by atoms with van der Waals surface area (Å²) in [5, 5.41) is 12.3. The fourth-order valence-electron chi connectivity index (χ4n) is 1.81. The van der Waals surface area contributed by atoms with E-state index in [1.165, 1.54) is 20.0 Å². The number of H-pyrrole nitrogens is 1. The number of aryl methyl sites for hydroxylation is 1. The summed E-state index contributed by atoms with van der Waals surface area (Å²) in [6.07, 6.45) is 2.33. The van der Waals surface area contributed by atoms with Crippen molar-refractivity contribution in [2.75, 3.05) is 4.72 Å². The molecule has 0 saturated heterocycles. The number of sulfonamides is 1. The van der Waals surface area contributed by atoms with Crippen molar-refractivity contribution in [2.45, 2.75) is 18.7 Å². The Bertz CT molecular complexity index is 715. The Hall–Kier alpha value is -2.29. The number of rotatable bonds is 4. The van der Waals surface area contributed by atoms with Crippen molar-refractivity contribution >= 4 is 21.7 Å². The number of aromatic amines is 1. The van der Waals surface area contributed by atoms with Gasteiger partial charge in [-0.2, -0.15) is 0 Å². The second kappa shape index (κ2) is 4.43. The number of aromatic carboxylic acids is 1. The number of hydrogen-bond acceptors (Lipinski definition) is 5. The third-order valence-corrected chi connectivity index (χ3v) is 4.19. The number of carboxylic acid groups (broad SMARTS) is 1. The highest BCUT2D eigenvalue weighted by Gasteiger charge is 2.26. The molecule has 0 aliphatic heterocycles. The Morgan fingerprint density at radius 3 is 2.63 bits per heavy atom. The molecule has 19 heavy (non-hydrogen) atoms. The number of carboxylic acids is 1. The minimum atomic E-state index is -3.90. The molecule has 2 rings (SSSR count). The van der Waals surface area contributed by atoms with Crippen molar-refractivity contribution < 1.29 is 22.8 Å². The first kappa shape index (κ1) is 13.1. The molecule has 2 aromatic rings. The Balaban J connectivity index is 2.49. The molecule has 9 heteroatoms. The van der Waals surface area contributed by atoms with Gasteiger partial charge in [-0.05, 0) is 13.8 Å². The van der Waals surface area contributed by atoms with Gasteiger partial charge in [0.15, 0.2) is 0 Å². The summed E-state index contributed by atoms with van der Waals surface area (Å²) in [4.78, 5) is 13.4. The summed E-state index contributed by atoms with van der Waals surface area (Å²) < 4.78 is 31.1. The van der Waals surface area contributed by atoms with Crippen LogP contribution in [0, 0.1) is 13.8 Å². The predicted molar refractivity (Wildman–Crippen MR) is 64.5 cm³/mol. The van der Waals surface area contributed by atoms with Crippen LogP contribution in [0.1, 0.15) is 21.7 Å². The Morgan fingerprint density at radius 2 is 2.16 bits per heavy atom. The lowest BCUT2D eigenvalue weighted by Gasteiger charge is -2.05. The zero-order chi connectivity index (χ0) is 14.2. The van der Waals surface area contributed by atoms with Crippen LogP contribution in [0.15, 0.2) is 21.9 Å². The van der Waals surface area contributed by atoms with Crippen LogP contribution in [0.4, 0.5) is 5.69 Å². The van der Waals surface area contributed by atoms with Crippen LogP contribution in [0.25, 0.3) is 0 Å². The minimum absolute atomic E-state index is 0.0916. The van der Waals surface area contributed by atoms with E-state index in [1.54, 1.807) is 0 Å². The van der Waals surface area contributed by atoms with Crippen LogP contribution in [-0.4, -0.2) is 29.6 Å². The summed E-state index contributed by atoms with van der Waals surface area (Å²) in [7, 11) is -3.90. The van der Waals surface area contributed by atoms with Crippen LogP contribution in [0.3, 0.4) is 0 Å². The number of anilines is 1. The van der Waals surface area contributed by atoms with E-state index in [0.29, 0.717) is 0 Å². The van der Waals surface area contributed by atoms with E-state index in [9.17, 15) is 13.2 Å². The van der Waals surface area contributed by atoms with E-state index in [2.05, 4.69) is 19.4 Å². The Kier molecular flexibility index (Phi) is 3.06. The van der Waals surface area contributed by atoms with Crippen LogP contribution in [-0.2, 0) is 10.0 Å². The molecule has 0 spiro atoms. The molecule has 2 heterocycles. The summed E-state index contributed by atoms with van der Waals surface area (Å²) >= 11 is 0. The van der Waals surface area contributed by atoms with Gasteiger partial charge in [0.1, 0.15) is 22.5 Å². The van der Waals surface area contributed by atoms with E-state index < -0.39 is 16.0 Å². The largest absolute Gasteiger partial charge is 0.477 e. The van der Waals surface area contributed by atoms with Crippen LogP contribution < -0.4 is 4.72 Å². The number of hydrogen-bond donors (Lipinski definition) is 3. The summed E-state index contributed by atoms with van der Waals surface area (Å²) in [5.41, 5.74) is 0.410. The van der Waals surface area contributed by atoms with Gasteiger partial charge < -0.3 is 14.6 Å². The van der Waals surface area contributed by atoms with Gasteiger partial charge in [0, 0.05) is 11.3 Å². The molecular formula is C10H11N3O5S. The molecule has 102 valence electrons. The van der Waals surface area contributed by atoms with Gasteiger partial charge in [-0.3, -0.25) is 4.72 Å². The molecule has 0 atom stereocenters. The molecule has 0 aliphatic rings. The van der Waals surface area contributed by atoms with Crippen molar-refractivity contribution in [3.63, 3.8) is 0 Å². The lowest BCUT2D eigenvalue weighted by atomic mass is 10.2. The molecule has 0 aromatic carbocycles. The topological polar surface area (TPSA) is 125 Å². The van der Waals surface area contributed by atoms with E-state index >= 15 is 0 Å². The highest BCUT2D eigenvalue weighted by Crippen LogP contribution is 2.25. The standard InChI is InChI=1S/C10H11N3O5S/c1-5-8(10(14)15)12-6(2)9(5)19(16,17)13-7-3-11-18-4-7/h3-4,12-13H,1-2H3,(H,14,15). The molecular weight excluding hydrogens is 274 g/mol. The van der Waals surface area contributed by atoms with Gasteiger partial charge in [-0.25, -0.2) is 13.2 Å². The summed E-state index contributed by atoms with van der Waals surface area (Å²) in [5.74, 6) is -1.22. The third kappa shape index (κ3) is 2.32.